The molecule has 2 amide bonds. The second-order valence-electron chi connectivity index (χ2n) is 4.43. The summed E-state index contributed by atoms with van der Waals surface area (Å²) in [6.45, 7) is 4.82. The third kappa shape index (κ3) is 5.29. The van der Waals surface area contributed by atoms with Crippen LogP contribution in [0, 0.1) is 0 Å². The minimum atomic E-state index is -0.845. The Hall–Kier alpha value is -2.05. The molecule has 2 N–H and O–H groups in total. The molecule has 1 rings (SSSR count). The number of nitrogens with one attached hydrogen (secondary N) is 1. The summed E-state index contributed by atoms with van der Waals surface area (Å²) in [4.78, 5) is 23.0. The van der Waals surface area contributed by atoms with E-state index in [1.807, 2.05) is 10.3 Å². The maximum atomic E-state index is 11.8. The number of piperidine rings is 1. The van der Waals surface area contributed by atoms with E-state index in [9.17, 15) is 14.7 Å². The van der Waals surface area contributed by atoms with Gasteiger partial charge in [0.25, 0.3) is 5.91 Å². The fraction of sp³-hybridized carbons (Fsp3) is 0.615. The molecule has 0 saturated carbocycles. The summed E-state index contributed by atoms with van der Waals surface area (Å²) in [7, 11) is 0. The van der Waals surface area contributed by atoms with Gasteiger partial charge in [0.15, 0.2) is 0 Å². The second-order valence-corrected chi connectivity index (χ2v) is 4.43. The van der Waals surface area contributed by atoms with Gasteiger partial charge in [0.2, 0.25) is 0 Å². The lowest BCUT2D eigenvalue weighted by atomic mass is 10.2. The lowest BCUT2D eigenvalue weighted by Crippen LogP contribution is -2.33. The van der Waals surface area contributed by atoms with E-state index in [0.29, 0.717) is 0 Å². The third-order valence-corrected chi connectivity index (χ3v) is 2.81. The van der Waals surface area contributed by atoms with Crippen molar-refractivity contribution in [2.24, 2.45) is 5.10 Å². The number of hydrogen-bond acceptors (Lipinski definition) is 6. The van der Waals surface area contributed by atoms with Crippen LogP contribution in [-0.2, 0) is 9.53 Å². The summed E-state index contributed by atoms with van der Waals surface area (Å²) in [5.74, 6) is -0.934. The quantitative estimate of drug-likeness (QED) is 0.464. The van der Waals surface area contributed by atoms with E-state index in [1.54, 1.807) is 6.92 Å². The van der Waals surface area contributed by atoms with E-state index in [2.05, 4.69) is 9.84 Å². The molecule has 7 nitrogen and oxygen atoms in total. The average Bonchev–Trinajstić information content (AvgIpc) is 2.39. The molecule has 1 aliphatic heterocycles. The summed E-state index contributed by atoms with van der Waals surface area (Å²) in [5.41, 5.74) is -0.0522. The molecule has 112 valence electrons. The van der Waals surface area contributed by atoms with E-state index >= 15 is 0 Å². The number of allylic oxidation sites excluding steroid dienone is 1. The molecule has 0 spiro atoms. The van der Waals surface area contributed by atoms with Crippen molar-refractivity contribution in [3.8, 4) is 0 Å². The van der Waals surface area contributed by atoms with Crippen LogP contribution < -0.4 is 5.32 Å². The zero-order chi connectivity index (χ0) is 15.0. The van der Waals surface area contributed by atoms with Gasteiger partial charge in [-0.05, 0) is 33.1 Å². The minimum absolute atomic E-state index is 0.0522. The molecule has 1 saturated heterocycles. The van der Waals surface area contributed by atoms with Crippen molar-refractivity contribution in [1.82, 2.24) is 10.3 Å². The fourth-order valence-corrected chi connectivity index (χ4v) is 1.78. The van der Waals surface area contributed by atoms with E-state index in [1.165, 1.54) is 19.6 Å². The standard InChI is InChI=1S/C13H21N3O4/c1-3-20-13(19)15-12(18)11(10(2)17)9-14-16-7-5-4-6-8-16/h9,17H,3-8H2,1-2H3,(H,15,18,19)/b11-10-,14-9+. The van der Waals surface area contributed by atoms with Gasteiger partial charge in [0, 0.05) is 13.1 Å². The Balaban J connectivity index is 2.64. The number of aliphatic hydroxyl groups excluding tert-OH is 1. The Morgan fingerprint density at radius 2 is 2.00 bits per heavy atom. The molecule has 0 bridgehead atoms. The molecule has 0 atom stereocenters. The SMILES string of the molecule is CCOC(=O)NC(=O)C(/C=N/N1CCCCC1)=C(/C)O. The molecule has 20 heavy (non-hydrogen) atoms. The number of hydrazone groups is 1. The number of hydrogen-bond donors (Lipinski definition) is 2. The van der Waals surface area contributed by atoms with Crippen molar-refractivity contribution in [3.63, 3.8) is 0 Å². The zero-order valence-corrected chi connectivity index (χ0v) is 11.9. The number of rotatable bonds is 4. The molecular weight excluding hydrogens is 262 g/mol. The van der Waals surface area contributed by atoms with Crippen molar-refractivity contribution in [2.75, 3.05) is 19.7 Å². The van der Waals surface area contributed by atoms with Gasteiger partial charge in [-0.25, -0.2) is 4.79 Å². The molecule has 7 heteroatoms. The van der Waals surface area contributed by atoms with Gasteiger partial charge in [-0.3, -0.25) is 15.1 Å². The predicted octanol–water partition coefficient (Wildman–Crippen LogP) is 1.56. The second kappa shape index (κ2) is 8.19. The number of carbonyl (C=O) groups excluding carboxylic acids is 2. The monoisotopic (exact) mass is 283 g/mol. The minimum Gasteiger partial charge on any atom is -0.512 e. The predicted molar refractivity (Wildman–Crippen MR) is 74.4 cm³/mol. The molecule has 1 fully saturated rings. The Labute approximate surface area is 118 Å². The highest BCUT2D eigenvalue weighted by Gasteiger charge is 2.16. The summed E-state index contributed by atoms with van der Waals surface area (Å²) < 4.78 is 4.61. The first-order chi connectivity index (χ1) is 9.54. The smallest absolute Gasteiger partial charge is 0.414 e. The Morgan fingerprint density at radius 3 is 2.55 bits per heavy atom. The van der Waals surface area contributed by atoms with E-state index < -0.39 is 12.0 Å². The van der Waals surface area contributed by atoms with Gasteiger partial charge < -0.3 is 9.84 Å². The fourth-order valence-electron chi connectivity index (χ4n) is 1.78. The molecule has 1 aliphatic rings. The van der Waals surface area contributed by atoms with Gasteiger partial charge in [-0.15, -0.1) is 0 Å². The summed E-state index contributed by atoms with van der Waals surface area (Å²) in [5, 5.41) is 17.5. The van der Waals surface area contributed by atoms with Gasteiger partial charge in [0.05, 0.1) is 18.4 Å². The lowest BCUT2D eigenvalue weighted by Gasteiger charge is -2.23. The van der Waals surface area contributed by atoms with Crippen LogP contribution >= 0.6 is 0 Å². The highest BCUT2D eigenvalue weighted by molar-refractivity contribution is 6.16. The van der Waals surface area contributed by atoms with Crippen molar-refractivity contribution in [3.05, 3.63) is 11.3 Å². The largest absolute Gasteiger partial charge is 0.512 e. The molecule has 0 unspecified atom stereocenters. The summed E-state index contributed by atoms with van der Waals surface area (Å²) in [6.07, 6.45) is 3.72. The van der Waals surface area contributed by atoms with E-state index in [4.69, 9.17) is 0 Å². The maximum Gasteiger partial charge on any atom is 0.414 e. The van der Waals surface area contributed by atoms with Crippen molar-refractivity contribution in [1.29, 1.82) is 0 Å². The van der Waals surface area contributed by atoms with Crippen molar-refractivity contribution >= 4 is 18.2 Å². The zero-order valence-electron chi connectivity index (χ0n) is 11.9. The van der Waals surface area contributed by atoms with Crippen LogP contribution in [0.4, 0.5) is 4.79 Å². The van der Waals surface area contributed by atoms with Crippen LogP contribution in [0.15, 0.2) is 16.4 Å². The summed E-state index contributed by atoms with van der Waals surface area (Å²) in [6, 6.07) is 0. The molecule has 0 aromatic rings. The van der Waals surface area contributed by atoms with Crippen LogP contribution in [0.3, 0.4) is 0 Å². The topological polar surface area (TPSA) is 91.2 Å². The number of alkyl carbamates (subject to hydrolysis) is 1. The average molecular weight is 283 g/mol. The number of aliphatic hydroxyl groups is 1. The molecule has 0 aliphatic carbocycles. The molecule has 0 aromatic carbocycles. The van der Waals surface area contributed by atoms with Crippen LogP contribution in [0.5, 0.6) is 0 Å². The van der Waals surface area contributed by atoms with Crippen LogP contribution in [0.1, 0.15) is 33.1 Å². The Morgan fingerprint density at radius 1 is 1.35 bits per heavy atom. The van der Waals surface area contributed by atoms with Gasteiger partial charge in [-0.2, -0.15) is 5.10 Å². The van der Waals surface area contributed by atoms with Gasteiger partial charge >= 0.3 is 6.09 Å². The highest BCUT2D eigenvalue weighted by Crippen LogP contribution is 2.09. The summed E-state index contributed by atoms with van der Waals surface area (Å²) >= 11 is 0. The number of imide groups is 1. The number of nitrogens with zero attached hydrogens (tertiary/aromatic N) is 2. The number of amides is 2. The third-order valence-electron chi connectivity index (χ3n) is 2.81. The molecule has 1 heterocycles. The van der Waals surface area contributed by atoms with Crippen molar-refractivity contribution in [2.45, 2.75) is 33.1 Å². The molecule has 0 radical (unpaired) electrons. The van der Waals surface area contributed by atoms with E-state index in [-0.39, 0.29) is 17.9 Å². The van der Waals surface area contributed by atoms with Gasteiger partial charge in [0.1, 0.15) is 5.76 Å². The van der Waals surface area contributed by atoms with Gasteiger partial charge in [-0.1, -0.05) is 0 Å². The van der Waals surface area contributed by atoms with E-state index in [0.717, 1.165) is 25.9 Å². The first-order valence-corrected chi connectivity index (χ1v) is 6.71. The van der Waals surface area contributed by atoms with Crippen LogP contribution in [0.2, 0.25) is 0 Å². The number of carbonyl (C=O) groups is 2. The Bertz CT molecular complexity index is 408. The van der Waals surface area contributed by atoms with Crippen LogP contribution in [-0.4, -0.2) is 48.0 Å². The maximum absolute atomic E-state index is 11.8. The molecule has 0 aromatic heterocycles. The van der Waals surface area contributed by atoms with Crippen LogP contribution in [0.25, 0.3) is 0 Å². The first kappa shape index (κ1) is 16.0. The first-order valence-electron chi connectivity index (χ1n) is 6.71. The highest BCUT2D eigenvalue weighted by atomic mass is 16.5. The van der Waals surface area contributed by atoms with Crippen molar-refractivity contribution < 1.29 is 19.4 Å². The lowest BCUT2D eigenvalue weighted by molar-refractivity contribution is -0.116. The number of ether oxygens (including phenoxy) is 1. The normalized spacial score (nSPS) is 16.8. The molecular formula is C13H21N3O4. The Kier molecular flexibility index (Phi) is 6.55.